The first-order valence-electron chi connectivity index (χ1n) is 32.8. The quantitative estimate of drug-likeness (QED) is 0.155. The molecule has 4 aliphatic carbocycles. The number of aryl methyl sites for hydroxylation is 1. The maximum atomic E-state index is 2.78. The number of nitrogens with zero attached hydrogens (tertiary/aromatic N) is 1. The van der Waals surface area contributed by atoms with E-state index in [0.717, 1.165) is 6.42 Å². The fourth-order valence-electron chi connectivity index (χ4n) is 17.9. The molecule has 4 atom stereocenters. The van der Waals surface area contributed by atoms with E-state index in [2.05, 4.69) is 253 Å². The summed E-state index contributed by atoms with van der Waals surface area (Å²) in [5, 5.41) is 1.50. The molecule has 0 amide bonds. The van der Waals surface area contributed by atoms with E-state index in [-0.39, 0.29) is 61.9 Å². The van der Waals surface area contributed by atoms with Crippen molar-refractivity contribution in [2.45, 2.75) is 264 Å². The number of rotatable bonds is 5. The van der Waals surface area contributed by atoms with Gasteiger partial charge in [-0.3, -0.25) is 0 Å². The van der Waals surface area contributed by atoms with Crippen LogP contribution < -0.4 is 21.3 Å². The Bertz CT molecular complexity index is 3840. The Balaban J connectivity index is 1.15. The molecule has 7 aromatic rings. The Labute approximate surface area is 507 Å². The Morgan fingerprint density at radius 2 is 1.14 bits per heavy atom. The van der Waals surface area contributed by atoms with Gasteiger partial charge in [-0.2, -0.15) is 0 Å². The van der Waals surface area contributed by atoms with Gasteiger partial charge in [-0.25, -0.2) is 0 Å². The van der Waals surface area contributed by atoms with Gasteiger partial charge in [0.15, 0.2) is 0 Å². The molecule has 0 saturated heterocycles. The molecule has 6 aliphatic rings. The van der Waals surface area contributed by atoms with Gasteiger partial charge in [0.1, 0.15) is 0 Å². The van der Waals surface area contributed by atoms with Gasteiger partial charge in [-0.15, -0.1) is 11.3 Å². The summed E-state index contributed by atoms with van der Waals surface area (Å²) in [6, 6.07) is 39.5. The first-order valence-corrected chi connectivity index (χ1v) is 33.6. The summed E-state index contributed by atoms with van der Waals surface area (Å²) < 4.78 is 1.48. The van der Waals surface area contributed by atoms with Crippen molar-refractivity contribution in [3.05, 3.63) is 163 Å². The minimum Gasteiger partial charge on any atom is -0.311 e. The van der Waals surface area contributed by atoms with E-state index in [1.165, 1.54) is 134 Å². The third kappa shape index (κ3) is 8.83. The number of thiophene rings is 1. The summed E-state index contributed by atoms with van der Waals surface area (Å²) in [5.74, 6) is 1.71. The molecule has 3 heteroatoms. The van der Waals surface area contributed by atoms with Crippen LogP contribution in [0.2, 0.25) is 0 Å². The molecule has 0 spiro atoms. The molecule has 0 bridgehead atoms. The summed E-state index contributed by atoms with van der Waals surface area (Å²) in [4.78, 5) is 4.39. The van der Waals surface area contributed by atoms with Gasteiger partial charge in [0.05, 0.1) is 0 Å². The van der Waals surface area contributed by atoms with E-state index < -0.39 is 0 Å². The zero-order valence-corrected chi connectivity index (χ0v) is 56.1. The van der Waals surface area contributed by atoms with Gasteiger partial charge in [0, 0.05) is 32.6 Å². The maximum Gasteiger partial charge on any atom is 0.249 e. The normalized spacial score (nSPS) is 23.8. The van der Waals surface area contributed by atoms with Gasteiger partial charge in [0.2, 0.25) is 6.71 Å². The van der Waals surface area contributed by atoms with Crippen molar-refractivity contribution in [1.82, 2.24) is 0 Å². The van der Waals surface area contributed by atoms with E-state index in [1.807, 2.05) is 0 Å². The summed E-state index contributed by atoms with van der Waals surface area (Å²) in [6.45, 7) is 52.4. The summed E-state index contributed by atoms with van der Waals surface area (Å²) >= 11 is 2.17. The largest absolute Gasteiger partial charge is 0.311 e. The fourth-order valence-corrected chi connectivity index (χ4v) is 19.4. The van der Waals surface area contributed by atoms with Gasteiger partial charge in [0.25, 0.3) is 0 Å². The van der Waals surface area contributed by atoms with Crippen LogP contribution in [-0.2, 0) is 49.7 Å². The second kappa shape index (κ2) is 18.6. The summed E-state index contributed by atoms with van der Waals surface area (Å²) in [5.41, 5.74) is 30.4. The molecule has 0 N–H and O–H groups in total. The van der Waals surface area contributed by atoms with Crippen molar-refractivity contribution in [2.75, 3.05) is 4.90 Å². The maximum absolute atomic E-state index is 2.78. The van der Waals surface area contributed by atoms with E-state index >= 15 is 0 Å². The molecular weight excluding hydrogens is 1020 g/mol. The Kier molecular flexibility index (Phi) is 12.8. The van der Waals surface area contributed by atoms with Crippen LogP contribution in [0.5, 0.6) is 0 Å². The molecule has 6 aromatic carbocycles. The first-order chi connectivity index (χ1) is 38.6. The van der Waals surface area contributed by atoms with Gasteiger partial charge in [-0.1, -0.05) is 199 Å². The number of hydrogen-bond donors (Lipinski definition) is 0. The van der Waals surface area contributed by atoms with Crippen molar-refractivity contribution >= 4 is 61.6 Å². The van der Waals surface area contributed by atoms with Crippen LogP contribution in [0, 0.1) is 12.8 Å². The van der Waals surface area contributed by atoms with Crippen LogP contribution in [0.1, 0.15) is 279 Å². The summed E-state index contributed by atoms with van der Waals surface area (Å²) in [7, 11) is 0. The second-order valence-corrected chi connectivity index (χ2v) is 35.0. The van der Waals surface area contributed by atoms with Crippen LogP contribution in [0.25, 0.3) is 21.2 Å². The van der Waals surface area contributed by atoms with Crippen LogP contribution in [-0.4, -0.2) is 6.71 Å². The highest BCUT2D eigenvalue weighted by Crippen LogP contribution is 2.55. The predicted octanol–water partition coefficient (Wildman–Crippen LogP) is 20.8. The first kappa shape index (κ1) is 57.2. The highest BCUT2D eigenvalue weighted by atomic mass is 32.1. The third-order valence-electron chi connectivity index (χ3n) is 24.0. The lowest BCUT2D eigenvalue weighted by Crippen LogP contribution is -2.58. The lowest BCUT2D eigenvalue weighted by atomic mass is 9.34. The Morgan fingerprint density at radius 3 is 1.75 bits per heavy atom. The van der Waals surface area contributed by atoms with E-state index in [0.29, 0.717) is 11.8 Å². The molecule has 0 saturated carbocycles. The number of fused-ring (bicyclic) bond motifs is 10. The van der Waals surface area contributed by atoms with Crippen LogP contribution in [0.15, 0.2) is 91.0 Å². The van der Waals surface area contributed by atoms with Crippen molar-refractivity contribution < 1.29 is 0 Å². The number of anilines is 3. The predicted molar refractivity (Wildman–Crippen MR) is 363 cm³/mol. The fraction of sp³-hybridized carbons (Fsp3) is 0.525. The van der Waals surface area contributed by atoms with Crippen LogP contribution in [0.3, 0.4) is 0 Å². The zero-order valence-electron chi connectivity index (χ0n) is 55.3. The molecule has 0 fully saturated rings. The second-order valence-electron chi connectivity index (χ2n) is 33.9. The molecular formula is C80H100BNS. The standard InChI is InChI=1S/C80H100BNS/c1-22-49-45-80(20,21)61-35-46(2)55(42-56(61)47(49)3)51-36-52-37-57(48(4)50-23-26-59-62(38-50)76(12,13)31-29-74(59,8)9)72-71(58-43-64-65(44-69(58)83-72)79(18,19)34-33-78(64,16)17)81-66-40-53(73(5,6)7)24-28-67(66)82(68(39-51)70(52)81)54-25-27-60-63(41-54)77(14,15)32-30-75(60,10)11/h23-28,35-36,38-44,47-49,57H,22,29-34,37,45H2,1-21H3. The number of hydrogen-bond acceptors (Lipinski definition) is 2. The van der Waals surface area contributed by atoms with Crippen molar-refractivity contribution in [2.24, 2.45) is 5.92 Å². The Morgan fingerprint density at radius 1 is 0.578 bits per heavy atom. The topological polar surface area (TPSA) is 3.24 Å². The molecule has 2 aliphatic heterocycles. The Hall–Kier alpha value is -4.86. The van der Waals surface area contributed by atoms with Crippen molar-refractivity contribution in [3.63, 3.8) is 0 Å². The van der Waals surface area contributed by atoms with Crippen LogP contribution in [0.4, 0.5) is 17.1 Å². The highest BCUT2D eigenvalue weighted by Gasteiger charge is 2.48. The summed E-state index contributed by atoms with van der Waals surface area (Å²) in [6.07, 6.45) is 10.7. The molecule has 434 valence electrons. The average Bonchev–Trinajstić information content (AvgIpc) is 2.12. The SMILES string of the molecule is CCC1CC(C)(C)c2cc(C)c(-c3cc4c5c(c3)N(c3ccc6c(c3)C(C)(C)CCC6(C)C)c3ccc(C(C)(C)C)cc3B5c3c(sc5cc6c(cc35)C(C)(C)CCC6(C)C)C(C(C)c3ccc5c(c3)C(C)(C)CCC5(C)C)C4)cc2C1C. The van der Waals surface area contributed by atoms with Crippen molar-refractivity contribution in [3.8, 4) is 11.1 Å². The zero-order chi connectivity index (χ0) is 59.4. The van der Waals surface area contributed by atoms with E-state index in [4.69, 9.17) is 0 Å². The van der Waals surface area contributed by atoms with Gasteiger partial charge >= 0.3 is 0 Å². The average molecular weight is 1120 g/mol. The molecule has 1 aromatic heterocycles. The number of benzene rings is 6. The van der Waals surface area contributed by atoms with E-state index in [9.17, 15) is 0 Å². The van der Waals surface area contributed by atoms with Gasteiger partial charge < -0.3 is 4.90 Å². The van der Waals surface area contributed by atoms with Crippen LogP contribution >= 0.6 is 11.3 Å². The minimum atomic E-state index is -0.0362. The molecule has 4 unspecified atom stereocenters. The smallest absolute Gasteiger partial charge is 0.249 e. The monoisotopic (exact) mass is 1120 g/mol. The molecule has 13 rings (SSSR count). The minimum absolute atomic E-state index is 0.0362. The molecule has 1 nitrogen and oxygen atoms in total. The van der Waals surface area contributed by atoms with Crippen molar-refractivity contribution in [1.29, 1.82) is 0 Å². The van der Waals surface area contributed by atoms with Gasteiger partial charge in [-0.05, 0) is 255 Å². The molecule has 3 heterocycles. The van der Waals surface area contributed by atoms with E-state index in [1.54, 1.807) is 43.7 Å². The molecule has 83 heavy (non-hydrogen) atoms. The highest BCUT2D eigenvalue weighted by molar-refractivity contribution is 7.22. The lowest BCUT2D eigenvalue weighted by molar-refractivity contribution is 0.283. The third-order valence-corrected chi connectivity index (χ3v) is 25.3. The lowest BCUT2D eigenvalue weighted by Gasteiger charge is -2.44. The molecule has 0 radical (unpaired) electrons.